The van der Waals surface area contributed by atoms with Gasteiger partial charge in [-0.25, -0.2) is 9.67 Å². The molecule has 2 rings (SSSR count). The summed E-state index contributed by atoms with van der Waals surface area (Å²) in [6.45, 7) is 6.18. The number of hydrogen-bond acceptors (Lipinski definition) is 3. The molecule has 1 heterocycles. The van der Waals surface area contributed by atoms with E-state index in [9.17, 15) is 5.11 Å². The molecule has 0 saturated carbocycles. The van der Waals surface area contributed by atoms with E-state index in [0.717, 1.165) is 22.8 Å². The smallest absolute Gasteiger partial charge is 0.147 e. The molecular formula is C13H17N3O. The number of aliphatic hydroxyl groups is 1. The molecule has 4 heteroatoms. The van der Waals surface area contributed by atoms with Gasteiger partial charge in [-0.15, -0.1) is 0 Å². The van der Waals surface area contributed by atoms with Crippen LogP contribution in [0.3, 0.4) is 0 Å². The van der Waals surface area contributed by atoms with Crippen molar-refractivity contribution in [1.29, 1.82) is 0 Å². The van der Waals surface area contributed by atoms with Crippen LogP contribution in [0.25, 0.3) is 0 Å². The normalized spacial score (nSPS) is 12.7. The zero-order chi connectivity index (χ0) is 12.4. The van der Waals surface area contributed by atoms with Crippen molar-refractivity contribution < 1.29 is 5.11 Å². The number of hydrogen-bond donors (Lipinski definition) is 1. The molecule has 0 aliphatic heterocycles. The Morgan fingerprint density at radius 3 is 2.53 bits per heavy atom. The quantitative estimate of drug-likeness (QED) is 0.878. The molecule has 17 heavy (non-hydrogen) atoms. The lowest BCUT2D eigenvalue weighted by molar-refractivity contribution is 0.149. The largest absolute Gasteiger partial charge is 0.386 e. The Kier molecular flexibility index (Phi) is 3.24. The van der Waals surface area contributed by atoms with Gasteiger partial charge in [-0.1, -0.05) is 24.3 Å². The molecule has 4 nitrogen and oxygen atoms in total. The lowest BCUT2D eigenvalue weighted by Gasteiger charge is -2.14. The summed E-state index contributed by atoms with van der Waals surface area (Å²) in [5.41, 5.74) is 2.04. The SMILES string of the molecule is Cc1nc(C)n(CC(O)c2ccccc2C)n1. The summed E-state index contributed by atoms with van der Waals surface area (Å²) in [5.74, 6) is 1.56. The second-order valence-electron chi connectivity index (χ2n) is 4.26. The molecule has 0 fully saturated rings. The van der Waals surface area contributed by atoms with Crippen LogP contribution in [0.2, 0.25) is 0 Å². The molecule has 1 unspecified atom stereocenters. The van der Waals surface area contributed by atoms with Gasteiger partial charge in [-0.2, -0.15) is 5.10 Å². The lowest BCUT2D eigenvalue weighted by Crippen LogP contribution is -2.12. The van der Waals surface area contributed by atoms with Crippen LogP contribution in [-0.2, 0) is 6.54 Å². The minimum Gasteiger partial charge on any atom is -0.386 e. The maximum absolute atomic E-state index is 10.2. The van der Waals surface area contributed by atoms with Crippen molar-refractivity contribution >= 4 is 0 Å². The topological polar surface area (TPSA) is 50.9 Å². The zero-order valence-electron chi connectivity index (χ0n) is 10.4. The van der Waals surface area contributed by atoms with Crippen LogP contribution in [0.5, 0.6) is 0 Å². The third-order valence-corrected chi connectivity index (χ3v) is 2.86. The van der Waals surface area contributed by atoms with Crippen LogP contribution in [0.1, 0.15) is 28.9 Å². The molecule has 1 N–H and O–H groups in total. The minimum absolute atomic E-state index is 0.442. The summed E-state index contributed by atoms with van der Waals surface area (Å²) in [4.78, 5) is 4.22. The first-order chi connectivity index (χ1) is 8.08. The molecule has 2 aromatic rings. The van der Waals surface area contributed by atoms with Crippen molar-refractivity contribution in [3.63, 3.8) is 0 Å². The van der Waals surface area contributed by atoms with Crippen LogP contribution >= 0.6 is 0 Å². The van der Waals surface area contributed by atoms with Gasteiger partial charge >= 0.3 is 0 Å². The third-order valence-electron chi connectivity index (χ3n) is 2.86. The molecule has 0 aliphatic rings. The summed E-state index contributed by atoms with van der Waals surface area (Å²) in [6, 6.07) is 7.85. The van der Waals surface area contributed by atoms with Gasteiger partial charge in [0.2, 0.25) is 0 Å². The fourth-order valence-corrected chi connectivity index (χ4v) is 1.96. The predicted octanol–water partition coefficient (Wildman–Crippen LogP) is 1.94. The van der Waals surface area contributed by atoms with E-state index in [4.69, 9.17) is 0 Å². The highest BCUT2D eigenvalue weighted by atomic mass is 16.3. The maximum Gasteiger partial charge on any atom is 0.147 e. The molecule has 0 aliphatic carbocycles. The number of rotatable bonds is 3. The Labute approximate surface area is 101 Å². The first-order valence-corrected chi connectivity index (χ1v) is 5.69. The van der Waals surface area contributed by atoms with Crippen molar-refractivity contribution in [2.24, 2.45) is 0 Å². The molecule has 0 amide bonds. The van der Waals surface area contributed by atoms with E-state index in [0.29, 0.717) is 6.54 Å². The average molecular weight is 231 g/mol. The minimum atomic E-state index is -0.545. The van der Waals surface area contributed by atoms with Gasteiger partial charge < -0.3 is 5.11 Å². The highest BCUT2D eigenvalue weighted by Crippen LogP contribution is 2.19. The van der Waals surface area contributed by atoms with E-state index < -0.39 is 6.10 Å². The average Bonchev–Trinajstić information content (AvgIpc) is 2.58. The van der Waals surface area contributed by atoms with Crippen molar-refractivity contribution in [1.82, 2.24) is 14.8 Å². The lowest BCUT2D eigenvalue weighted by atomic mass is 10.0. The molecule has 0 spiro atoms. The maximum atomic E-state index is 10.2. The van der Waals surface area contributed by atoms with Gasteiger partial charge in [0.15, 0.2) is 0 Å². The number of benzene rings is 1. The van der Waals surface area contributed by atoms with E-state index >= 15 is 0 Å². The molecule has 1 aromatic heterocycles. The molecule has 90 valence electrons. The van der Waals surface area contributed by atoms with Crippen LogP contribution in [-0.4, -0.2) is 19.9 Å². The monoisotopic (exact) mass is 231 g/mol. The van der Waals surface area contributed by atoms with Gasteiger partial charge in [0.05, 0.1) is 12.6 Å². The highest BCUT2D eigenvalue weighted by molar-refractivity contribution is 5.27. The first kappa shape index (κ1) is 11.8. The summed E-state index contributed by atoms with van der Waals surface area (Å²) in [6.07, 6.45) is -0.545. The van der Waals surface area contributed by atoms with Crippen LogP contribution in [0, 0.1) is 20.8 Å². The molecular weight excluding hydrogens is 214 g/mol. The van der Waals surface area contributed by atoms with E-state index in [-0.39, 0.29) is 0 Å². The first-order valence-electron chi connectivity index (χ1n) is 5.69. The van der Waals surface area contributed by atoms with Crippen LogP contribution in [0.4, 0.5) is 0 Å². The summed E-state index contributed by atoms with van der Waals surface area (Å²) in [5, 5.41) is 14.5. The molecule has 1 atom stereocenters. The van der Waals surface area contributed by atoms with Crippen LogP contribution in [0.15, 0.2) is 24.3 Å². The van der Waals surface area contributed by atoms with Gasteiger partial charge in [-0.3, -0.25) is 0 Å². The predicted molar refractivity (Wildman–Crippen MR) is 65.6 cm³/mol. The van der Waals surface area contributed by atoms with Crippen LogP contribution < -0.4 is 0 Å². The summed E-state index contributed by atoms with van der Waals surface area (Å²) in [7, 11) is 0. The molecule has 0 bridgehead atoms. The summed E-state index contributed by atoms with van der Waals surface area (Å²) >= 11 is 0. The van der Waals surface area contributed by atoms with E-state index in [1.807, 2.05) is 45.0 Å². The highest BCUT2D eigenvalue weighted by Gasteiger charge is 2.13. The Morgan fingerprint density at radius 1 is 1.24 bits per heavy atom. The second kappa shape index (κ2) is 4.67. The number of aryl methyl sites for hydroxylation is 3. The number of aliphatic hydroxyl groups excluding tert-OH is 1. The fraction of sp³-hybridized carbons (Fsp3) is 0.385. The fourth-order valence-electron chi connectivity index (χ4n) is 1.96. The Hall–Kier alpha value is -1.68. The van der Waals surface area contributed by atoms with E-state index in [1.54, 1.807) is 4.68 Å². The second-order valence-corrected chi connectivity index (χ2v) is 4.26. The van der Waals surface area contributed by atoms with E-state index in [2.05, 4.69) is 10.1 Å². The van der Waals surface area contributed by atoms with Gasteiger partial charge in [0.25, 0.3) is 0 Å². The van der Waals surface area contributed by atoms with Crippen molar-refractivity contribution in [2.75, 3.05) is 0 Å². The van der Waals surface area contributed by atoms with Crippen molar-refractivity contribution in [3.05, 3.63) is 47.0 Å². The third kappa shape index (κ3) is 2.53. The molecule has 0 radical (unpaired) electrons. The summed E-state index contributed by atoms with van der Waals surface area (Å²) < 4.78 is 1.74. The molecule has 1 aromatic carbocycles. The van der Waals surface area contributed by atoms with Gasteiger partial charge in [-0.05, 0) is 31.9 Å². The van der Waals surface area contributed by atoms with Crippen molar-refractivity contribution in [3.8, 4) is 0 Å². The van der Waals surface area contributed by atoms with Gasteiger partial charge in [0.1, 0.15) is 11.6 Å². The Bertz CT molecular complexity index is 519. The zero-order valence-corrected chi connectivity index (χ0v) is 10.4. The van der Waals surface area contributed by atoms with Crippen molar-refractivity contribution in [2.45, 2.75) is 33.4 Å². The van der Waals surface area contributed by atoms with E-state index in [1.165, 1.54) is 0 Å². The Morgan fingerprint density at radius 2 is 1.94 bits per heavy atom. The number of aromatic nitrogens is 3. The number of nitrogens with zero attached hydrogens (tertiary/aromatic N) is 3. The standard InChI is InChI=1S/C13H17N3O/c1-9-6-4-5-7-12(9)13(17)8-16-11(3)14-10(2)15-16/h4-7,13,17H,8H2,1-3H3. The van der Waals surface area contributed by atoms with Gasteiger partial charge in [0, 0.05) is 0 Å². The Balaban J connectivity index is 2.20. The molecule has 0 saturated heterocycles.